The molecule has 1 saturated carbocycles. The molecule has 1 aliphatic rings. The monoisotopic (exact) mass is 336 g/mol. The third kappa shape index (κ3) is 5.88. The molecule has 0 spiro atoms. The Bertz CT molecular complexity index is 443. The number of amides is 1. The van der Waals surface area contributed by atoms with Crippen LogP contribution in [0, 0.1) is 5.92 Å². The highest BCUT2D eigenvalue weighted by molar-refractivity contribution is 6.34. The highest BCUT2D eigenvalue weighted by Gasteiger charge is 2.21. The summed E-state index contributed by atoms with van der Waals surface area (Å²) in [5.41, 5.74) is 0.940. The molecule has 6 heteroatoms. The van der Waals surface area contributed by atoms with Gasteiger partial charge in [-0.3, -0.25) is 4.79 Å². The van der Waals surface area contributed by atoms with Crippen LogP contribution in [-0.2, 0) is 11.3 Å². The maximum absolute atomic E-state index is 11.9. The first-order chi connectivity index (χ1) is 9.04. The quantitative estimate of drug-likeness (QED) is 0.863. The third-order valence-corrected chi connectivity index (χ3v) is 3.61. The van der Waals surface area contributed by atoms with Crippen molar-refractivity contribution in [2.45, 2.75) is 19.4 Å². The van der Waals surface area contributed by atoms with E-state index in [-0.39, 0.29) is 18.3 Å². The molecule has 1 aromatic carbocycles. The Labute approximate surface area is 136 Å². The van der Waals surface area contributed by atoms with Crippen LogP contribution in [-0.4, -0.2) is 30.9 Å². The van der Waals surface area contributed by atoms with E-state index in [9.17, 15) is 4.79 Å². The summed E-state index contributed by atoms with van der Waals surface area (Å²) in [6.45, 7) is 1.86. The highest BCUT2D eigenvalue weighted by atomic mass is 35.5. The molecule has 0 aliphatic heterocycles. The van der Waals surface area contributed by atoms with Gasteiger partial charge in [0.15, 0.2) is 0 Å². The number of carbonyl (C=O) groups excluding carboxylic acids is 1. The van der Waals surface area contributed by atoms with Gasteiger partial charge >= 0.3 is 0 Å². The van der Waals surface area contributed by atoms with Crippen LogP contribution in [0.2, 0.25) is 10.0 Å². The van der Waals surface area contributed by atoms with E-state index in [1.165, 1.54) is 12.8 Å². The SMILES string of the molecule is CN(Cc1cc(Cl)cc(Cl)c1)C(=O)CNCC1CC1.Cl. The summed E-state index contributed by atoms with van der Waals surface area (Å²) < 4.78 is 0. The molecule has 0 unspecified atom stereocenters. The zero-order chi connectivity index (χ0) is 13.8. The van der Waals surface area contributed by atoms with Gasteiger partial charge in [0.2, 0.25) is 5.91 Å². The van der Waals surface area contributed by atoms with E-state index < -0.39 is 0 Å². The van der Waals surface area contributed by atoms with Gasteiger partial charge in [-0.25, -0.2) is 0 Å². The van der Waals surface area contributed by atoms with Crippen LogP contribution in [0.25, 0.3) is 0 Å². The number of benzene rings is 1. The molecule has 1 aliphatic carbocycles. The molecular weight excluding hydrogens is 319 g/mol. The maximum Gasteiger partial charge on any atom is 0.236 e. The third-order valence-electron chi connectivity index (χ3n) is 3.17. The van der Waals surface area contributed by atoms with Gasteiger partial charge in [-0.05, 0) is 49.1 Å². The van der Waals surface area contributed by atoms with Gasteiger partial charge in [-0.15, -0.1) is 12.4 Å². The minimum Gasteiger partial charge on any atom is -0.340 e. The first kappa shape index (κ1) is 17.6. The van der Waals surface area contributed by atoms with E-state index in [0.29, 0.717) is 23.1 Å². The smallest absolute Gasteiger partial charge is 0.236 e. The van der Waals surface area contributed by atoms with Crippen molar-refractivity contribution in [2.24, 2.45) is 5.92 Å². The largest absolute Gasteiger partial charge is 0.340 e. The predicted molar refractivity (Wildman–Crippen MR) is 85.8 cm³/mol. The molecule has 0 saturated heterocycles. The predicted octanol–water partition coefficient (Wildman–Crippen LogP) is 3.37. The molecule has 2 rings (SSSR count). The molecular formula is C14H19Cl3N2O. The second-order valence-corrected chi connectivity index (χ2v) is 5.97. The van der Waals surface area contributed by atoms with Crippen molar-refractivity contribution in [3.05, 3.63) is 33.8 Å². The lowest BCUT2D eigenvalue weighted by Gasteiger charge is -2.18. The van der Waals surface area contributed by atoms with Gasteiger partial charge in [0, 0.05) is 23.6 Å². The van der Waals surface area contributed by atoms with Crippen molar-refractivity contribution >= 4 is 41.5 Å². The van der Waals surface area contributed by atoms with Crippen LogP contribution in [0.15, 0.2) is 18.2 Å². The Balaban J connectivity index is 0.00000200. The number of nitrogens with one attached hydrogen (secondary N) is 1. The molecule has 1 fully saturated rings. The average molecular weight is 338 g/mol. The van der Waals surface area contributed by atoms with E-state index in [2.05, 4.69) is 5.32 Å². The fourth-order valence-electron chi connectivity index (χ4n) is 1.90. The lowest BCUT2D eigenvalue weighted by atomic mass is 10.2. The first-order valence-corrected chi connectivity index (χ1v) is 7.20. The topological polar surface area (TPSA) is 32.3 Å². The maximum atomic E-state index is 11.9. The van der Waals surface area contributed by atoms with Gasteiger partial charge in [-0.1, -0.05) is 23.2 Å². The molecule has 20 heavy (non-hydrogen) atoms. The van der Waals surface area contributed by atoms with Gasteiger partial charge < -0.3 is 10.2 Å². The molecule has 0 radical (unpaired) electrons. The van der Waals surface area contributed by atoms with Crippen molar-refractivity contribution in [1.82, 2.24) is 10.2 Å². The molecule has 1 amide bonds. The van der Waals surface area contributed by atoms with E-state index in [4.69, 9.17) is 23.2 Å². The number of hydrogen-bond donors (Lipinski definition) is 1. The van der Waals surface area contributed by atoms with Crippen LogP contribution in [0.5, 0.6) is 0 Å². The molecule has 0 bridgehead atoms. The van der Waals surface area contributed by atoms with Crippen molar-refractivity contribution in [3.8, 4) is 0 Å². The second-order valence-electron chi connectivity index (χ2n) is 5.10. The van der Waals surface area contributed by atoms with E-state index >= 15 is 0 Å². The first-order valence-electron chi connectivity index (χ1n) is 6.44. The molecule has 3 nitrogen and oxygen atoms in total. The lowest BCUT2D eigenvalue weighted by Crippen LogP contribution is -2.35. The molecule has 112 valence electrons. The van der Waals surface area contributed by atoms with Gasteiger partial charge in [-0.2, -0.15) is 0 Å². The van der Waals surface area contributed by atoms with Gasteiger partial charge in [0.05, 0.1) is 6.54 Å². The van der Waals surface area contributed by atoms with Crippen molar-refractivity contribution < 1.29 is 4.79 Å². The van der Waals surface area contributed by atoms with Crippen molar-refractivity contribution in [2.75, 3.05) is 20.1 Å². The Morgan fingerprint density at radius 3 is 2.45 bits per heavy atom. The summed E-state index contributed by atoms with van der Waals surface area (Å²) in [7, 11) is 1.79. The summed E-state index contributed by atoms with van der Waals surface area (Å²) in [5, 5.41) is 4.38. The minimum absolute atomic E-state index is 0. The molecule has 0 aromatic heterocycles. The van der Waals surface area contributed by atoms with E-state index in [1.54, 1.807) is 18.0 Å². The summed E-state index contributed by atoms with van der Waals surface area (Å²) in [6.07, 6.45) is 2.58. The Morgan fingerprint density at radius 2 is 1.90 bits per heavy atom. The lowest BCUT2D eigenvalue weighted by molar-refractivity contribution is -0.129. The standard InChI is InChI=1S/C14H18Cl2N2O.ClH/c1-18(14(19)8-17-7-10-2-3-10)9-11-4-12(15)6-13(16)5-11;/h4-6,10,17H,2-3,7-9H2,1H3;1H. The molecule has 1 aromatic rings. The van der Waals surface area contributed by atoms with Crippen LogP contribution in [0.1, 0.15) is 18.4 Å². The number of carbonyl (C=O) groups is 1. The van der Waals surface area contributed by atoms with E-state index in [0.717, 1.165) is 18.0 Å². The van der Waals surface area contributed by atoms with Crippen molar-refractivity contribution in [1.29, 1.82) is 0 Å². The van der Waals surface area contributed by atoms with Crippen LogP contribution < -0.4 is 5.32 Å². The Hall–Kier alpha value is -0.480. The number of rotatable bonds is 6. The molecule has 0 atom stereocenters. The van der Waals surface area contributed by atoms with E-state index in [1.807, 2.05) is 12.1 Å². The summed E-state index contributed by atoms with van der Waals surface area (Å²) in [6, 6.07) is 5.34. The Morgan fingerprint density at radius 1 is 1.30 bits per heavy atom. The van der Waals surface area contributed by atoms with Crippen LogP contribution in [0.3, 0.4) is 0 Å². The number of likely N-dealkylation sites (N-methyl/N-ethyl adjacent to an activating group) is 1. The number of nitrogens with zero attached hydrogens (tertiary/aromatic N) is 1. The van der Waals surface area contributed by atoms with Crippen LogP contribution >= 0.6 is 35.6 Å². The zero-order valence-corrected chi connectivity index (χ0v) is 13.7. The van der Waals surface area contributed by atoms with Gasteiger partial charge in [0.1, 0.15) is 0 Å². The number of halogens is 3. The fraction of sp³-hybridized carbons (Fsp3) is 0.500. The van der Waals surface area contributed by atoms with Crippen molar-refractivity contribution in [3.63, 3.8) is 0 Å². The number of hydrogen-bond acceptors (Lipinski definition) is 2. The average Bonchev–Trinajstić information content (AvgIpc) is 3.11. The minimum atomic E-state index is 0. The fourth-order valence-corrected chi connectivity index (χ4v) is 2.48. The zero-order valence-electron chi connectivity index (χ0n) is 11.4. The highest BCUT2D eigenvalue weighted by Crippen LogP contribution is 2.27. The summed E-state index contributed by atoms with van der Waals surface area (Å²) in [4.78, 5) is 13.6. The normalized spacial score (nSPS) is 13.8. The molecule has 0 heterocycles. The Kier molecular flexibility index (Phi) is 7.10. The summed E-state index contributed by atoms with van der Waals surface area (Å²) >= 11 is 11.9. The molecule has 1 N–H and O–H groups in total. The van der Waals surface area contributed by atoms with Gasteiger partial charge in [0.25, 0.3) is 0 Å². The van der Waals surface area contributed by atoms with Crippen LogP contribution in [0.4, 0.5) is 0 Å². The second kappa shape index (κ2) is 8.08. The summed E-state index contributed by atoms with van der Waals surface area (Å²) in [5.74, 6) is 0.863.